The maximum atomic E-state index is 13.1. The molecule has 4 rings (SSSR count). The molecule has 3 amide bonds. The summed E-state index contributed by atoms with van der Waals surface area (Å²) < 4.78 is 12.1. The van der Waals surface area contributed by atoms with Crippen molar-refractivity contribution in [3.05, 3.63) is 23.8 Å². The zero-order chi connectivity index (χ0) is 21.3. The monoisotopic (exact) mass is 415 g/mol. The van der Waals surface area contributed by atoms with E-state index < -0.39 is 0 Å². The third-order valence-electron chi connectivity index (χ3n) is 6.03. The SMILES string of the molecule is CC(=O)Nc1ccc2c(c1)C(=O)N(C)[C@@H]1CC[C@@H](CC(=O)NCC3CC3)O[C@H]1CO2. The number of nitrogens with one attached hydrogen (secondary N) is 2. The van der Waals surface area contributed by atoms with Crippen molar-refractivity contribution in [2.24, 2.45) is 5.92 Å². The molecule has 2 N–H and O–H groups in total. The van der Waals surface area contributed by atoms with Crippen molar-refractivity contribution >= 4 is 23.4 Å². The summed E-state index contributed by atoms with van der Waals surface area (Å²) in [6.45, 7) is 2.48. The van der Waals surface area contributed by atoms with E-state index in [1.807, 2.05) is 0 Å². The summed E-state index contributed by atoms with van der Waals surface area (Å²) >= 11 is 0. The van der Waals surface area contributed by atoms with E-state index in [1.54, 1.807) is 30.1 Å². The standard InChI is InChI=1S/C22H29N3O5/c1-13(26)24-15-5-8-19-17(9-15)22(28)25(2)18-7-6-16(30-20(18)12-29-19)10-21(27)23-11-14-3-4-14/h5,8-9,14,16,18,20H,3-4,6-7,10-12H2,1-2H3,(H,23,27)(H,24,26)/t16-,18+,20-/m0/s1. The van der Waals surface area contributed by atoms with Crippen LogP contribution in [-0.4, -0.2) is 61.1 Å². The summed E-state index contributed by atoms with van der Waals surface area (Å²) in [5, 5.41) is 5.69. The molecule has 2 heterocycles. The number of likely N-dealkylation sites (N-methyl/N-ethyl adjacent to an activating group) is 1. The molecule has 0 radical (unpaired) electrons. The molecule has 1 aliphatic carbocycles. The van der Waals surface area contributed by atoms with E-state index in [1.165, 1.54) is 19.8 Å². The molecule has 0 bridgehead atoms. The van der Waals surface area contributed by atoms with Crippen molar-refractivity contribution < 1.29 is 23.9 Å². The highest BCUT2D eigenvalue weighted by atomic mass is 16.5. The van der Waals surface area contributed by atoms with Crippen LogP contribution in [0.1, 0.15) is 49.4 Å². The fourth-order valence-electron chi connectivity index (χ4n) is 4.17. The molecular weight excluding hydrogens is 386 g/mol. The van der Waals surface area contributed by atoms with Gasteiger partial charge in [0.1, 0.15) is 18.5 Å². The van der Waals surface area contributed by atoms with Crippen LogP contribution in [0.3, 0.4) is 0 Å². The number of benzene rings is 1. The molecule has 1 saturated carbocycles. The largest absolute Gasteiger partial charge is 0.490 e. The first-order chi connectivity index (χ1) is 14.4. The van der Waals surface area contributed by atoms with E-state index in [9.17, 15) is 14.4 Å². The van der Waals surface area contributed by atoms with Crippen LogP contribution < -0.4 is 15.4 Å². The van der Waals surface area contributed by atoms with Crippen molar-refractivity contribution in [3.63, 3.8) is 0 Å². The van der Waals surface area contributed by atoms with Gasteiger partial charge in [0.25, 0.3) is 5.91 Å². The van der Waals surface area contributed by atoms with Gasteiger partial charge in [-0.25, -0.2) is 0 Å². The van der Waals surface area contributed by atoms with Crippen molar-refractivity contribution in [1.82, 2.24) is 10.2 Å². The third kappa shape index (κ3) is 4.75. The topological polar surface area (TPSA) is 97.0 Å². The lowest BCUT2D eigenvalue weighted by Crippen LogP contribution is -2.54. The first-order valence-corrected chi connectivity index (χ1v) is 10.6. The third-order valence-corrected chi connectivity index (χ3v) is 6.03. The van der Waals surface area contributed by atoms with Gasteiger partial charge in [0, 0.05) is 26.2 Å². The molecule has 3 atom stereocenters. The Bertz CT molecular complexity index is 838. The van der Waals surface area contributed by atoms with Crippen LogP contribution >= 0.6 is 0 Å². The lowest BCUT2D eigenvalue weighted by molar-refractivity contribution is -0.134. The van der Waals surface area contributed by atoms with Crippen LogP contribution in [0.4, 0.5) is 5.69 Å². The average molecular weight is 415 g/mol. The number of anilines is 1. The van der Waals surface area contributed by atoms with Crippen molar-refractivity contribution in [2.75, 3.05) is 25.5 Å². The van der Waals surface area contributed by atoms with Gasteiger partial charge in [0.2, 0.25) is 11.8 Å². The number of ether oxygens (including phenoxy) is 2. The number of carbonyl (C=O) groups excluding carboxylic acids is 3. The number of hydrogen-bond acceptors (Lipinski definition) is 5. The zero-order valence-electron chi connectivity index (χ0n) is 17.5. The maximum Gasteiger partial charge on any atom is 0.257 e. The molecule has 2 aliphatic heterocycles. The second-order valence-corrected chi connectivity index (χ2v) is 8.51. The van der Waals surface area contributed by atoms with E-state index >= 15 is 0 Å². The Labute approximate surface area is 176 Å². The molecule has 3 aliphatic rings. The quantitative estimate of drug-likeness (QED) is 0.766. The first kappa shape index (κ1) is 20.7. The Balaban J connectivity index is 1.43. The van der Waals surface area contributed by atoms with Crippen LogP contribution in [0.5, 0.6) is 5.75 Å². The fraction of sp³-hybridized carbons (Fsp3) is 0.591. The van der Waals surface area contributed by atoms with Gasteiger partial charge in [-0.15, -0.1) is 0 Å². The Hall–Kier alpha value is -2.61. The normalized spacial score (nSPS) is 25.9. The van der Waals surface area contributed by atoms with Gasteiger partial charge in [-0.1, -0.05) is 0 Å². The van der Waals surface area contributed by atoms with E-state index in [2.05, 4.69) is 10.6 Å². The number of hydrogen-bond donors (Lipinski definition) is 2. The molecule has 1 aromatic carbocycles. The van der Waals surface area contributed by atoms with E-state index in [0.717, 1.165) is 13.0 Å². The minimum absolute atomic E-state index is 0.0254. The maximum absolute atomic E-state index is 13.1. The minimum atomic E-state index is -0.294. The molecule has 1 aromatic rings. The molecule has 0 unspecified atom stereocenters. The van der Waals surface area contributed by atoms with E-state index in [-0.39, 0.29) is 36.0 Å². The Morgan fingerprint density at radius 2 is 2.00 bits per heavy atom. The van der Waals surface area contributed by atoms with Gasteiger partial charge in [0.15, 0.2) is 0 Å². The Kier molecular flexibility index (Phi) is 5.94. The second kappa shape index (κ2) is 8.63. The number of amides is 3. The van der Waals surface area contributed by atoms with Crippen molar-refractivity contribution in [1.29, 1.82) is 0 Å². The predicted molar refractivity (Wildman–Crippen MR) is 110 cm³/mol. The van der Waals surface area contributed by atoms with Crippen LogP contribution in [-0.2, 0) is 14.3 Å². The lowest BCUT2D eigenvalue weighted by Gasteiger charge is -2.42. The van der Waals surface area contributed by atoms with Gasteiger partial charge >= 0.3 is 0 Å². The van der Waals surface area contributed by atoms with Gasteiger partial charge in [-0.05, 0) is 49.8 Å². The second-order valence-electron chi connectivity index (χ2n) is 8.51. The highest BCUT2D eigenvalue weighted by Crippen LogP contribution is 2.32. The minimum Gasteiger partial charge on any atom is -0.490 e. The molecular formula is C22H29N3O5. The summed E-state index contributed by atoms with van der Waals surface area (Å²) in [6.07, 6.45) is 3.75. The molecule has 1 saturated heterocycles. The Morgan fingerprint density at radius 1 is 1.20 bits per heavy atom. The van der Waals surface area contributed by atoms with E-state index in [4.69, 9.17) is 9.47 Å². The molecule has 0 spiro atoms. The van der Waals surface area contributed by atoms with Crippen molar-refractivity contribution in [3.8, 4) is 5.75 Å². The number of rotatable bonds is 5. The number of fused-ring (bicyclic) bond motifs is 2. The summed E-state index contributed by atoms with van der Waals surface area (Å²) in [4.78, 5) is 38.3. The molecule has 0 aromatic heterocycles. The summed E-state index contributed by atoms with van der Waals surface area (Å²) in [7, 11) is 1.77. The van der Waals surface area contributed by atoms with Crippen molar-refractivity contribution in [2.45, 2.75) is 57.3 Å². The summed E-state index contributed by atoms with van der Waals surface area (Å²) in [5.41, 5.74) is 0.977. The van der Waals surface area contributed by atoms with Gasteiger partial charge in [0.05, 0.1) is 24.1 Å². The average Bonchev–Trinajstić information content (AvgIpc) is 3.54. The fourth-order valence-corrected chi connectivity index (χ4v) is 4.17. The van der Waals surface area contributed by atoms with Gasteiger partial charge < -0.3 is 25.0 Å². The number of nitrogens with zero attached hydrogens (tertiary/aromatic N) is 1. The molecule has 8 nitrogen and oxygen atoms in total. The smallest absolute Gasteiger partial charge is 0.257 e. The van der Waals surface area contributed by atoms with Gasteiger partial charge in [-0.2, -0.15) is 0 Å². The molecule has 162 valence electrons. The lowest BCUT2D eigenvalue weighted by atomic mass is 9.94. The van der Waals surface area contributed by atoms with Gasteiger partial charge in [-0.3, -0.25) is 14.4 Å². The molecule has 8 heteroatoms. The van der Waals surface area contributed by atoms with Crippen LogP contribution in [0.15, 0.2) is 18.2 Å². The highest BCUT2D eigenvalue weighted by Gasteiger charge is 2.39. The molecule has 2 fully saturated rings. The predicted octanol–water partition coefficient (Wildman–Crippen LogP) is 1.94. The van der Waals surface area contributed by atoms with Crippen LogP contribution in [0.2, 0.25) is 0 Å². The van der Waals surface area contributed by atoms with Crippen LogP contribution in [0.25, 0.3) is 0 Å². The Morgan fingerprint density at radius 3 is 2.73 bits per heavy atom. The summed E-state index contributed by atoms with van der Waals surface area (Å²) in [6, 6.07) is 4.92. The van der Waals surface area contributed by atoms with E-state index in [0.29, 0.717) is 42.4 Å². The summed E-state index contributed by atoms with van der Waals surface area (Å²) in [5.74, 6) is 0.770. The van der Waals surface area contributed by atoms with Crippen LogP contribution in [0, 0.1) is 5.92 Å². The molecule has 30 heavy (non-hydrogen) atoms. The highest BCUT2D eigenvalue weighted by molar-refractivity contribution is 5.99. The first-order valence-electron chi connectivity index (χ1n) is 10.6. The number of carbonyl (C=O) groups is 3. The zero-order valence-corrected chi connectivity index (χ0v) is 17.5.